The summed E-state index contributed by atoms with van der Waals surface area (Å²) in [6.45, 7) is 0. The van der Waals surface area contributed by atoms with Gasteiger partial charge in [-0.05, 0) is 54.6 Å². The van der Waals surface area contributed by atoms with Crippen molar-refractivity contribution in [3.63, 3.8) is 0 Å². The van der Waals surface area contributed by atoms with Crippen molar-refractivity contribution in [3.8, 4) is 28.7 Å². The molecule has 0 spiro atoms. The lowest BCUT2D eigenvalue weighted by atomic mass is 10.2. The quantitative estimate of drug-likeness (QED) is 0.400. The molecule has 0 aliphatic carbocycles. The van der Waals surface area contributed by atoms with Crippen molar-refractivity contribution >= 4 is 10.9 Å². The van der Waals surface area contributed by atoms with Crippen LogP contribution in [0.3, 0.4) is 0 Å². The second-order valence-corrected chi connectivity index (χ2v) is 6.42. The molecule has 0 aliphatic heterocycles. The van der Waals surface area contributed by atoms with E-state index in [1.54, 1.807) is 6.20 Å². The number of pyridine rings is 1. The van der Waals surface area contributed by atoms with Crippen LogP contribution in [-0.2, 0) is 0 Å². The molecule has 4 nitrogen and oxygen atoms in total. The molecular formula is C24H17N3O. The Kier molecular flexibility index (Phi) is 4.07. The van der Waals surface area contributed by atoms with Gasteiger partial charge in [0.2, 0.25) is 0 Å². The van der Waals surface area contributed by atoms with E-state index in [9.17, 15) is 0 Å². The standard InChI is InChI=1S/C24H17N3O/c1-2-7-20(8-3-1)28-21-13-10-19(11-14-21)24-25-16-17-27(24)23-15-12-18-6-4-5-9-22(18)26-23/h1-17H. The minimum absolute atomic E-state index is 0.789. The summed E-state index contributed by atoms with van der Waals surface area (Å²) in [6.07, 6.45) is 3.72. The van der Waals surface area contributed by atoms with Crippen molar-refractivity contribution in [1.29, 1.82) is 0 Å². The van der Waals surface area contributed by atoms with Crippen LogP contribution in [0.4, 0.5) is 0 Å². The van der Waals surface area contributed by atoms with Crippen molar-refractivity contribution in [2.75, 3.05) is 0 Å². The molecule has 5 rings (SSSR count). The Morgan fingerprint density at radius 2 is 1.43 bits per heavy atom. The smallest absolute Gasteiger partial charge is 0.145 e. The Balaban J connectivity index is 1.46. The maximum Gasteiger partial charge on any atom is 0.145 e. The lowest BCUT2D eigenvalue weighted by molar-refractivity contribution is 0.483. The summed E-state index contributed by atoms with van der Waals surface area (Å²) in [7, 11) is 0. The van der Waals surface area contributed by atoms with E-state index in [2.05, 4.69) is 17.1 Å². The topological polar surface area (TPSA) is 39.9 Å². The van der Waals surface area contributed by atoms with Crippen LogP contribution in [0.1, 0.15) is 0 Å². The Hall–Kier alpha value is -3.92. The Labute approximate surface area is 162 Å². The summed E-state index contributed by atoms with van der Waals surface area (Å²) in [6, 6.07) is 29.9. The second kappa shape index (κ2) is 7.00. The molecule has 134 valence electrons. The van der Waals surface area contributed by atoms with Crippen molar-refractivity contribution in [2.45, 2.75) is 0 Å². The molecule has 0 aliphatic rings. The first-order chi connectivity index (χ1) is 13.9. The fourth-order valence-electron chi connectivity index (χ4n) is 3.19. The first-order valence-electron chi connectivity index (χ1n) is 9.10. The van der Waals surface area contributed by atoms with E-state index in [0.29, 0.717) is 0 Å². The van der Waals surface area contributed by atoms with E-state index in [0.717, 1.165) is 39.6 Å². The van der Waals surface area contributed by atoms with Gasteiger partial charge in [0.15, 0.2) is 0 Å². The molecule has 0 fully saturated rings. The average Bonchev–Trinajstić information content (AvgIpc) is 3.25. The van der Waals surface area contributed by atoms with Gasteiger partial charge in [0.1, 0.15) is 23.1 Å². The van der Waals surface area contributed by atoms with Gasteiger partial charge in [0, 0.05) is 23.3 Å². The summed E-state index contributed by atoms with van der Waals surface area (Å²) >= 11 is 0. The molecule has 0 atom stereocenters. The van der Waals surface area contributed by atoms with E-state index >= 15 is 0 Å². The molecule has 2 heterocycles. The van der Waals surface area contributed by atoms with Crippen LogP contribution < -0.4 is 4.74 Å². The van der Waals surface area contributed by atoms with E-state index < -0.39 is 0 Å². The zero-order valence-corrected chi connectivity index (χ0v) is 15.1. The number of hydrogen-bond donors (Lipinski definition) is 0. The molecule has 0 N–H and O–H groups in total. The number of fused-ring (bicyclic) bond motifs is 1. The summed E-state index contributed by atoms with van der Waals surface area (Å²) in [4.78, 5) is 9.31. The van der Waals surface area contributed by atoms with E-state index in [4.69, 9.17) is 9.72 Å². The Morgan fingerprint density at radius 3 is 2.29 bits per heavy atom. The number of nitrogens with zero attached hydrogens (tertiary/aromatic N) is 3. The number of hydrogen-bond acceptors (Lipinski definition) is 3. The highest BCUT2D eigenvalue weighted by Crippen LogP contribution is 2.26. The van der Waals surface area contributed by atoms with Crippen LogP contribution in [0.2, 0.25) is 0 Å². The fourth-order valence-corrected chi connectivity index (χ4v) is 3.19. The molecule has 28 heavy (non-hydrogen) atoms. The Morgan fingerprint density at radius 1 is 0.679 bits per heavy atom. The zero-order valence-electron chi connectivity index (χ0n) is 15.1. The van der Waals surface area contributed by atoms with Crippen LogP contribution in [0.15, 0.2) is 103 Å². The van der Waals surface area contributed by atoms with Gasteiger partial charge in [-0.2, -0.15) is 0 Å². The van der Waals surface area contributed by atoms with Gasteiger partial charge < -0.3 is 4.74 Å². The number of benzene rings is 3. The third-order valence-corrected chi connectivity index (χ3v) is 4.56. The van der Waals surface area contributed by atoms with Crippen LogP contribution in [0.25, 0.3) is 28.1 Å². The van der Waals surface area contributed by atoms with E-state index in [-0.39, 0.29) is 0 Å². The van der Waals surface area contributed by atoms with Crippen molar-refractivity contribution in [2.24, 2.45) is 0 Å². The van der Waals surface area contributed by atoms with Gasteiger partial charge in [-0.3, -0.25) is 4.57 Å². The number of para-hydroxylation sites is 2. The van der Waals surface area contributed by atoms with Gasteiger partial charge in [0.05, 0.1) is 5.52 Å². The molecule has 3 aromatic carbocycles. The van der Waals surface area contributed by atoms with Gasteiger partial charge in [-0.15, -0.1) is 0 Å². The number of imidazole rings is 1. The van der Waals surface area contributed by atoms with Crippen LogP contribution >= 0.6 is 0 Å². The highest BCUT2D eigenvalue weighted by atomic mass is 16.5. The molecule has 5 aromatic rings. The van der Waals surface area contributed by atoms with E-state index in [1.165, 1.54) is 0 Å². The zero-order chi connectivity index (χ0) is 18.8. The van der Waals surface area contributed by atoms with E-state index in [1.807, 2.05) is 89.6 Å². The predicted octanol–water partition coefficient (Wildman–Crippen LogP) is 5.88. The van der Waals surface area contributed by atoms with Crippen molar-refractivity contribution < 1.29 is 4.74 Å². The van der Waals surface area contributed by atoms with Gasteiger partial charge >= 0.3 is 0 Å². The Bertz CT molecular complexity index is 1230. The monoisotopic (exact) mass is 363 g/mol. The summed E-state index contributed by atoms with van der Waals surface area (Å²) < 4.78 is 7.87. The van der Waals surface area contributed by atoms with Crippen LogP contribution in [0.5, 0.6) is 11.5 Å². The number of rotatable bonds is 4. The molecule has 0 saturated carbocycles. The highest BCUT2D eigenvalue weighted by Gasteiger charge is 2.10. The molecular weight excluding hydrogens is 346 g/mol. The molecule has 2 aromatic heterocycles. The van der Waals surface area contributed by atoms with Crippen LogP contribution in [-0.4, -0.2) is 14.5 Å². The molecule has 0 saturated heterocycles. The SMILES string of the molecule is c1ccc(Oc2ccc(-c3nccn3-c3ccc4ccccc4n3)cc2)cc1. The largest absolute Gasteiger partial charge is 0.457 e. The lowest BCUT2D eigenvalue weighted by Crippen LogP contribution is -1.99. The fraction of sp³-hybridized carbons (Fsp3) is 0. The third-order valence-electron chi connectivity index (χ3n) is 4.56. The van der Waals surface area contributed by atoms with Gasteiger partial charge in [0.25, 0.3) is 0 Å². The highest BCUT2D eigenvalue weighted by molar-refractivity contribution is 5.79. The molecule has 0 bridgehead atoms. The summed E-state index contributed by atoms with van der Waals surface area (Å²) in [5, 5.41) is 1.12. The normalized spacial score (nSPS) is 10.9. The minimum Gasteiger partial charge on any atom is -0.457 e. The summed E-state index contributed by atoms with van der Waals surface area (Å²) in [5.74, 6) is 3.29. The predicted molar refractivity (Wildman–Crippen MR) is 111 cm³/mol. The molecule has 0 radical (unpaired) electrons. The number of ether oxygens (including phenoxy) is 1. The molecule has 0 amide bonds. The second-order valence-electron chi connectivity index (χ2n) is 6.42. The number of aromatic nitrogens is 3. The van der Waals surface area contributed by atoms with Crippen molar-refractivity contribution in [1.82, 2.24) is 14.5 Å². The molecule has 4 heteroatoms. The summed E-state index contributed by atoms with van der Waals surface area (Å²) in [5.41, 5.74) is 1.96. The lowest BCUT2D eigenvalue weighted by Gasteiger charge is -2.09. The van der Waals surface area contributed by atoms with Crippen molar-refractivity contribution in [3.05, 3.63) is 103 Å². The van der Waals surface area contributed by atoms with Crippen LogP contribution in [0, 0.1) is 0 Å². The first-order valence-corrected chi connectivity index (χ1v) is 9.10. The maximum absolute atomic E-state index is 5.87. The minimum atomic E-state index is 0.789. The third kappa shape index (κ3) is 3.12. The molecule has 0 unspecified atom stereocenters. The maximum atomic E-state index is 5.87. The average molecular weight is 363 g/mol. The van der Waals surface area contributed by atoms with Gasteiger partial charge in [-0.1, -0.05) is 36.4 Å². The first kappa shape index (κ1) is 16.3. The van der Waals surface area contributed by atoms with Gasteiger partial charge in [-0.25, -0.2) is 9.97 Å².